The summed E-state index contributed by atoms with van der Waals surface area (Å²) in [6, 6.07) is 0.769. The van der Waals surface area contributed by atoms with E-state index >= 15 is 0 Å². The second kappa shape index (κ2) is 5.43. The van der Waals surface area contributed by atoms with Crippen LogP contribution in [0.15, 0.2) is 0 Å². The van der Waals surface area contributed by atoms with Crippen LogP contribution in [0.5, 0.6) is 0 Å². The van der Waals surface area contributed by atoms with Gasteiger partial charge in [0, 0.05) is 12.6 Å². The van der Waals surface area contributed by atoms with Crippen molar-refractivity contribution in [3.05, 3.63) is 0 Å². The van der Waals surface area contributed by atoms with E-state index in [1.165, 1.54) is 12.8 Å². The first-order valence-electron chi connectivity index (χ1n) is 4.44. The van der Waals surface area contributed by atoms with Crippen LogP contribution in [0, 0.1) is 0 Å². The molecule has 1 amide bonds. The summed E-state index contributed by atoms with van der Waals surface area (Å²) in [4.78, 5) is 10.7. The first-order valence-corrected chi connectivity index (χ1v) is 5.07. The van der Waals surface area contributed by atoms with Crippen LogP contribution >= 0.6 is 12.6 Å². The highest BCUT2D eigenvalue weighted by molar-refractivity contribution is 7.81. The first-order chi connectivity index (χ1) is 5.83. The second-order valence-electron chi connectivity index (χ2n) is 3.09. The second-order valence-corrected chi connectivity index (χ2v) is 3.41. The van der Waals surface area contributed by atoms with Crippen LogP contribution in [0.2, 0.25) is 0 Å². The smallest absolute Gasteiger partial charge is 0.229 e. The lowest BCUT2D eigenvalue weighted by atomic mass is 10.4. The van der Waals surface area contributed by atoms with E-state index in [1.807, 2.05) is 0 Å². The van der Waals surface area contributed by atoms with Crippen molar-refractivity contribution in [2.24, 2.45) is 0 Å². The zero-order valence-electron chi connectivity index (χ0n) is 7.18. The van der Waals surface area contributed by atoms with Gasteiger partial charge in [-0.2, -0.15) is 12.6 Å². The summed E-state index contributed by atoms with van der Waals surface area (Å²) in [7, 11) is 0. The molecule has 12 heavy (non-hydrogen) atoms. The van der Waals surface area contributed by atoms with Crippen LogP contribution < -0.4 is 10.6 Å². The zero-order chi connectivity index (χ0) is 8.81. The number of carbonyl (C=O) groups excluding carboxylic acids is 1. The highest BCUT2D eigenvalue weighted by atomic mass is 32.1. The van der Waals surface area contributed by atoms with Gasteiger partial charge in [0.2, 0.25) is 5.91 Å². The van der Waals surface area contributed by atoms with E-state index in [1.54, 1.807) is 0 Å². The number of rotatable bonds is 6. The van der Waals surface area contributed by atoms with Crippen molar-refractivity contribution in [2.45, 2.75) is 25.3 Å². The molecule has 0 aromatic carbocycles. The van der Waals surface area contributed by atoms with E-state index < -0.39 is 0 Å². The van der Waals surface area contributed by atoms with E-state index in [9.17, 15) is 4.79 Å². The molecule has 70 valence electrons. The number of thiol groups is 1. The van der Waals surface area contributed by atoms with Gasteiger partial charge in [0.05, 0.1) is 5.75 Å². The van der Waals surface area contributed by atoms with Crippen molar-refractivity contribution in [1.82, 2.24) is 10.6 Å². The Kier molecular flexibility index (Phi) is 4.46. The standard InChI is InChI=1S/C8H16N2OS/c11-8(6-12)10-5-1-4-9-7-2-3-7/h7,9,12H,1-6H2,(H,10,11). The van der Waals surface area contributed by atoms with Gasteiger partial charge in [-0.3, -0.25) is 4.79 Å². The Morgan fingerprint density at radius 1 is 1.42 bits per heavy atom. The van der Waals surface area contributed by atoms with Crippen LogP contribution in [0.1, 0.15) is 19.3 Å². The molecular formula is C8H16N2OS. The minimum atomic E-state index is 0.0183. The van der Waals surface area contributed by atoms with Crippen molar-refractivity contribution in [3.8, 4) is 0 Å². The van der Waals surface area contributed by atoms with E-state index in [2.05, 4.69) is 23.3 Å². The van der Waals surface area contributed by atoms with Crippen molar-refractivity contribution in [3.63, 3.8) is 0 Å². The maximum Gasteiger partial charge on any atom is 0.229 e. The molecule has 0 bridgehead atoms. The summed E-state index contributed by atoms with van der Waals surface area (Å²) in [5.41, 5.74) is 0. The molecule has 1 aliphatic rings. The number of carbonyl (C=O) groups is 1. The molecular weight excluding hydrogens is 172 g/mol. The van der Waals surface area contributed by atoms with Crippen LogP contribution in [0.4, 0.5) is 0 Å². The normalized spacial score (nSPS) is 16.1. The van der Waals surface area contributed by atoms with Crippen molar-refractivity contribution >= 4 is 18.5 Å². The van der Waals surface area contributed by atoms with Gasteiger partial charge < -0.3 is 10.6 Å². The van der Waals surface area contributed by atoms with Crippen molar-refractivity contribution in [1.29, 1.82) is 0 Å². The summed E-state index contributed by atoms with van der Waals surface area (Å²) in [5.74, 6) is 0.306. The fraction of sp³-hybridized carbons (Fsp3) is 0.875. The third-order valence-corrected chi connectivity index (χ3v) is 2.12. The number of hydrogen-bond donors (Lipinski definition) is 3. The lowest BCUT2D eigenvalue weighted by Gasteiger charge is -2.03. The molecule has 0 heterocycles. The molecule has 0 atom stereocenters. The Balaban J connectivity index is 1.78. The van der Waals surface area contributed by atoms with E-state index in [-0.39, 0.29) is 11.7 Å². The van der Waals surface area contributed by atoms with Gasteiger partial charge in [-0.1, -0.05) is 0 Å². The summed E-state index contributed by atoms with van der Waals surface area (Å²) >= 11 is 3.86. The van der Waals surface area contributed by atoms with E-state index in [0.717, 1.165) is 25.6 Å². The van der Waals surface area contributed by atoms with Crippen molar-refractivity contribution < 1.29 is 4.79 Å². The average Bonchev–Trinajstić information content (AvgIpc) is 2.87. The zero-order valence-corrected chi connectivity index (χ0v) is 8.07. The molecule has 0 radical (unpaired) electrons. The Bertz CT molecular complexity index is 148. The summed E-state index contributed by atoms with van der Waals surface area (Å²) in [6.07, 6.45) is 3.65. The fourth-order valence-corrected chi connectivity index (χ4v) is 1.08. The van der Waals surface area contributed by atoms with Crippen LogP contribution in [0.25, 0.3) is 0 Å². The quantitative estimate of drug-likeness (QED) is 0.411. The molecule has 1 rings (SSSR count). The number of amides is 1. The fourth-order valence-electron chi connectivity index (χ4n) is 0.966. The first kappa shape index (κ1) is 9.86. The molecule has 1 fully saturated rings. The number of nitrogens with one attached hydrogen (secondary N) is 2. The van der Waals surface area contributed by atoms with Gasteiger partial charge in [-0.15, -0.1) is 0 Å². The molecule has 0 aromatic rings. The lowest BCUT2D eigenvalue weighted by molar-refractivity contribution is -0.118. The lowest BCUT2D eigenvalue weighted by Crippen LogP contribution is -2.28. The minimum absolute atomic E-state index is 0.0183. The topological polar surface area (TPSA) is 41.1 Å². The highest BCUT2D eigenvalue weighted by Gasteiger charge is 2.19. The van der Waals surface area contributed by atoms with Crippen LogP contribution in [0.3, 0.4) is 0 Å². The average molecular weight is 188 g/mol. The Morgan fingerprint density at radius 3 is 2.75 bits per heavy atom. The monoisotopic (exact) mass is 188 g/mol. The van der Waals surface area contributed by atoms with E-state index in [4.69, 9.17) is 0 Å². The molecule has 0 spiro atoms. The third kappa shape index (κ3) is 4.62. The van der Waals surface area contributed by atoms with Crippen LogP contribution in [-0.4, -0.2) is 30.8 Å². The van der Waals surface area contributed by atoms with E-state index in [0.29, 0.717) is 0 Å². The molecule has 0 unspecified atom stereocenters. The summed E-state index contributed by atoms with van der Waals surface area (Å²) in [6.45, 7) is 1.77. The Labute approximate surface area is 78.7 Å². The molecule has 2 N–H and O–H groups in total. The molecule has 3 nitrogen and oxygen atoms in total. The van der Waals surface area contributed by atoms with Gasteiger partial charge in [-0.05, 0) is 25.8 Å². The Hall–Kier alpha value is -0.220. The largest absolute Gasteiger partial charge is 0.355 e. The van der Waals surface area contributed by atoms with Gasteiger partial charge in [0.15, 0.2) is 0 Å². The summed E-state index contributed by atoms with van der Waals surface area (Å²) in [5, 5.41) is 6.15. The molecule has 0 saturated heterocycles. The minimum Gasteiger partial charge on any atom is -0.355 e. The maximum atomic E-state index is 10.7. The number of hydrogen-bond acceptors (Lipinski definition) is 3. The maximum absolute atomic E-state index is 10.7. The molecule has 4 heteroatoms. The van der Waals surface area contributed by atoms with Gasteiger partial charge in [0.25, 0.3) is 0 Å². The predicted molar refractivity (Wildman–Crippen MR) is 52.5 cm³/mol. The van der Waals surface area contributed by atoms with Crippen molar-refractivity contribution in [2.75, 3.05) is 18.8 Å². The molecule has 0 aliphatic heterocycles. The predicted octanol–water partition coefficient (Wildman–Crippen LogP) is 0.174. The van der Waals surface area contributed by atoms with Gasteiger partial charge in [0.1, 0.15) is 0 Å². The molecule has 1 aliphatic carbocycles. The third-order valence-electron chi connectivity index (χ3n) is 1.83. The van der Waals surface area contributed by atoms with Gasteiger partial charge >= 0.3 is 0 Å². The SMILES string of the molecule is O=C(CS)NCCCNC1CC1. The van der Waals surface area contributed by atoms with Gasteiger partial charge in [-0.25, -0.2) is 0 Å². The highest BCUT2D eigenvalue weighted by Crippen LogP contribution is 2.18. The summed E-state index contributed by atoms with van der Waals surface area (Å²) < 4.78 is 0. The Morgan fingerprint density at radius 2 is 2.17 bits per heavy atom. The van der Waals surface area contributed by atoms with Crippen LogP contribution in [-0.2, 0) is 4.79 Å². The molecule has 0 aromatic heterocycles. The molecule has 1 saturated carbocycles.